The summed E-state index contributed by atoms with van der Waals surface area (Å²) < 4.78 is 32.0. The molecule has 31 heavy (non-hydrogen) atoms. The highest BCUT2D eigenvalue weighted by Crippen LogP contribution is 2.34. The van der Waals surface area contributed by atoms with Crippen LogP contribution in [0.25, 0.3) is 21.8 Å². The van der Waals surface area contributed by atoms with Crippen molar-refractivity contribution in [2.24, 2.45) is 0 Å². The average Bonchev–Trinajstić information content (AvgIpc) is 3.40. The minimum absolute atomic E-state index is 0.201. The summed E-state index contributed by atoms with van der Waals surface area (Å²) in [6.07, 6.45) is 4.16. The van der Waals surface area contributed by atoms with Crippen LogP contribution in [0.4, 0.5) is 0 Å². The molecule has 0 radical (unpaired) electrons. The van der Waals surface area contributed by atoms with Crippen LogP contribution in [0.2, 0.25) is 0 Å². The van der Waals surface area contributed by atoms with Crippen molar-refractivity contribution < 1.29 is 17.9 Å². The highest BCUT2D eigenvalue weighted by atomic mass is 32.2. The highest BCUT2D eigenvalue weighted by Gasteiger charge is 2.36. The van der Waals surface area contributed by atoms with E-state index in [1.807, 2.05) is 21.0 Å². The summed E-state index contributed by atoms with van der Waals surface area (Å²) in [6.45, 7) is 2.16. The number of aromatic amines is 2. The molecule has 8 nitrogen and oxygen atoms in total. The zero-order valence-corrected chi connectivity index (χ0v) is 18.7. The van der Waals surface area contributed by atoms with E-state index in [1.54, 1.807) is 12.1 Å². The molecule has 0 amide bonds. The summed E-state index contributed by atoms with van der Waals surface area (Å²) >= 11 is 0. The smallest absolute Gasteiger partial charge is 0.340 e. The number of esters is 1. The van der Waals surface area contributed by atoms with Crippen molar-refractivity contribution in [3.8, 4) is 0 Å². The van der Waals surface area contributed by atoms with Crippen LogP contribution in [0, 0.1) is 0 Å². The molecule has 1 fully saturated rings. The summed E-state index contributed by atoms with van der Waals surface area (Å²) in [5, 5.41) is 0.438. The number of carbonyl (C=O) groups is 1. The van der Waals surface area contributed by atoms with E-state index in [-0.39, 0.29) is 34.2 Å². The van der Waals surface area contributed by atoms with E-state index in [0.717, 1.165) is 6.42 Å². The molecule has 2 N–H and O–H groups in total. The zero-order valence-electron chi connectivity index (χ0n) is 17.9. The Morgan fingerprint density at radius 2 is 2.03 bits per heavy atom. The number of ether oxygens (including phenoxy) is 1. The Balaban J connectivity index is 1.84. The summed E-state index contributed by atoms with van der Waals surface area (Å²) in [5.41, 5.74) is 0.539. The molecule has 0 saturated heterocycles. The van der Waals surface area contributed by atoms with Crippen LogP contribution in [0.5, 0.6) is 0 Å². The van der Waals surface area contributed by atoms with Gasteiger partial charge in [-0.1, -0.05) is 6.92 Å². The number of hydrogen-bond donors (Lipinski definition) is 2. The molecular weight excluding hydrogens is 418 g/mol. The van der Waals surface area contributed by atoms with Gasteiger partial charge in [0.1, 0.15) is 5.52 Å². The largest absolute Gasteiger partial charge is 0.462 e. The third kappa shape index (κ3) is 3.76. The topological polar surface area (TPSA) is 112 Å². The van der Waals surface area contributed by atoms with Crippen LogP contribution in [0.1, 0.15) is 43.0 Å². The number of benzene rings is 1. The van der Waals surface area contributed by atoms with Gasteiger partial charge in [0.25, 0.3) is 5.56 Å². The van der Waals surface area contributed by atoms with Crippen LogP contribution < -0.4 is 5.56 Å². The van der Waals surface area contributed by atoms with Gasteiger partial charge in [0, 0.05) is 28.5 Å². The third-order valence-electron chi connectivity index (χ3n) is 6.13. The maximum absolute atomic E-state index is 13.4. The molecule has 1 aliphatic rings. The maximum Gasteiger partial charge on any atom is 0.340 e. The second-order valence-electron chi connectivity index (χ2n) is 8.35. The lowest BCUT2D eigenvalue weighted by Gasteiger charge is -2.19. The number of sulfone groups is 1. The number of fused-ring (bicyclic) bond motifs is 3. The molecular formula is C22H27N3O5S. The number of nitrogens with zero attached hydrogens (tertiary/aromatic N) is 1. The van der Waals surface area contributed by atoms with Gasteiger partial charge in [0.15, 0.2) is 9.84 Å². The lowest BCUT2D eigenvalue weighted by atomic mass is 10.1. The molecule has 2 atom stereocenters. The van der Waals surface area contributed by atoms with Gasteiger partial charge in [-0.3, -0.25) is 4.79 Å². The number of H-pyrrole nitrogens is 2. The molecule has 9 heteroatoms. The van der Waals surface area contributed by atoms with Gasteiger partial charge < -0.3 is 19.6 Å². The van der Waals surface area contributed by atoms with E-state index >= 15 is 0 Å². The SMILES string of the molecule is CCCOC(=O)c1c[nH]c2c(=O)[nH]c3ccc(S(=O)(=O)[C@@H]4CCC(N(C)C)C4)cc3c12. The van der Waals surface area contributed by atoms with E-state index in [9.17, 15) is 18.0 Å². The van der Waals surface area contributed by atoms with Crippen molar-refractivity contribution in [3.63, 3.8) is 0 Å². The summed E-state index contributed by atoms with van der Waals surface area (Å²) in [6, 6.07) is 4.93. The minimum atomic E-state index is -3.55. The fraction of sp³-hybridized carbons (Fsp3) is 0.455. The monoisotopic (exact) mass is 445 g/mol. The highest BCUT2D eigenvalue weighted by molar-refractivity contribution is 7.92. The molecule has 1 aromatic carbocycles. The Morgan fingerprint density at radius 1 is 1.26 bits per heavy atom. The van der Waals surface area contributed by atoms with Crippen molar-refractivity contribution in [3.05, 3.63) is 40.3 Å². The van der Waals surface area contributed by atoms with E-state index in [1.165, 1.54) is 12.3 Å². The summed E-state index contributed by atoms with van der Waals surface area (Å²) in [5.74, 6) is -0.544. The van der Waals surface area contributed by atoms with Crippen LogP contribution >= 0.6 is 0 Å². The van der Waals surface area contributed by atoms with Gasteiger partial charge in [0.05, 0.1) is 22.3 Å². The first-order valence-electron chi connectivity index (χ1n) is 10.5. The predicted octanol–water partition coefficient (Wildman–Crippen LogP) is 2.83. The molecule has 4 rings (SSSR count). The second kappa shape index (κ2) is 8.12. The molecule has 1 unspecified atom stereocenters. The molecule has 0 spiro atoms. The second-order valence-corrected chi connectivity index (χ2v) is 10.6. The van der Waals surface area contributed by atoms with Crippen LogP contribution in [0.3, 0.4) is 0 Å². The zero-order chi connectivity index (χ0) is 22.3. The fourth-order valence-electron chi connectivity index (χ4n) is 4.38. The number of carbonyl (C=O) groups excluding carboxylic acids is 1. The van der Waals surface area contributed by atoms with E-state index in [2.05, 4.69) is 14.9 Å². The Kier molecular flexibility index (Phi) is 5.65. The van der Waals surface area contributed by atoms with Crippen LogP contribution in [0.15, 0.2) is 34.1 Å². The van der Waals surface area contributed by atoms with Gasteiger partial charge >= 0.3 is 5.97 Å². The summed E-state index contributed by atoms with van der Waals surface area (Å²) in [4.78, 5) is 32.9. The van der Waals surface area contributed by atoms with Crippen LogP contribution in [-0.4, -0.2) is 61.2 Å². The lowest BCUT2D eigenvalue weighted by Crippen LogP contribution is -2.27. The Bertz CT molecular complexity index is 1310. The Labute approximate surface area is 180 Å². The molecule has 1 aliphatic carbocycles. The first-order valence-corrected chi connectivity index (χ1v) is 12.0. The standard InChI is InChI=1S/C22H27N3O5S/c1-4-9-30-22(27)17-12-23-20-19(17)16-11-15(7-8-18(16)24-21(20)26)31(28,29)14-6-5-13(10-14)25(2)3/h7-8,11-14,23H,4-6,9-10H2,1-3H3,(H,24,26)/t13?,14-/m1/s1. The molecule has 2 aromatic heterocycles. The molecule has 166 valence electrons. The number of pyridine rings is 1. The number of aromatic nitrogens is 2. The fourth-order valence-corrected chi connectivity index (χ4v) is 6.22. The van der Waals surface area contributed by atoms with E-state index < -0.39 is 21.1 Å². The van der Waals surface area contributed by atoms with Crippen LogP contribution in [-0.2, 0) is 14.6 Å². The van der Waals surface area contributed by atoms with Crippen molar-refractivity contribution >= 4 is 37.6 Å². The first kappa shape index (κ1) is 21.6. The molecule has 0 bridgehead atoms. The van der Waals surface area contributed by atoms with Gasteiger partial charge in [0.2, 0.25) is 0 Å². The van der Waals surface area contributed by atoms with Crippen molar-refractivity contribution in [2.45, 2.75) is 48.8 Å². The number of rotatable bonds is 6. The Hall–Kier alpha value is -2.65. The number of nitrogens with one attached hydrogen (secondary N) is 2. The van der Waals surface area contributed by atoms with Crippen molar-refractivity contribution in [1.29, 1.82) is 0 Å². The normalized spacial score (nSPS) is 19.5. The third-order valence-corrected chi connectivity index (χ3v) is 8.34. The predicted molar refractivity (Wildman–Crippen MR) is 119 cm³/mol. The van der Waals surface area contributed by atoms with Gasteiger partial charge in [-0.25, -0.2) is 13.2 Å². The molecule has 0 aliphatic heterocycles. The van der Waals surface area contributed by atoms with E-state index in [0.29, 0.717) is 35.6 Å². The maximum atomic E-state index is 13.4. The lowest BCUT2D eigenvalue weighted by molar-refractivity contribution is 0.0507. The van der Waals surface area contributed by atoms with E-state index in [4.69, 9.17) is 4.74 Å². The molecule has 2 heterocycles. The van der Waals surface area contributed by atoms with Gasteiger partial charge in [-0.2, -0.15) is 0 Å². The quantitative estimate of drug-likeness (QED) is 0.564. The Morgan fingerprint density at radius 3 is 2.71 bits per heavy atom. The molecule has 3 aromatic rings. The number of hydrogen-bond acceptors (Lipinski definition) is 6. The van der Waals surface area contributed by atoms with Crippen molar-refractivity contribution in [2.75, 3.05) is 20.7 Å². The van der Waals surface area contributed by atoms with Gasteiger partial charge in [-0.15, -0.1) is 0 Å². The average molecular weight is 446 g/mol. The molecule has 1 saturated carbocycles. The first-order chi connectivity index (χ1) is 14.7. The van der Waals surface area contributed by atoms with Gasteiger partial charge in [-0.05, 0) is 58.0 Å². The summed E-state index contributed by atoms with van der Waals surface area (Å²) in [7, 11) is 0.381. The minimum Gasteiger partial charge on any atom is -0.462 e. The van der Waals surface area contributed by atoms with Crippen molar-refractivity contribution in [1.82, 2.24) is 14.9 Å².